The Hall–Kier alpha value is -0.630. The van der Waals surface area contributed by atoms with Gasteiger partial charge in [0.2, 0.25) is 0 Å². The van der Waals surface area contributed by atoms with Crippen LogP contribution in [0.3, 0.4) is 0 Å². The van der Waals surface area contributed by atoms with Crippen molar-refractivity contribution in [2.75, 3.05) is 6.26 Å². The van der Waals surface area contributed by atoms with Gasteiger partial charge in [0.05, 0.1) is 10.7 Å². The molecule has 5 rings (SSSR count). The van der Waals surface area contributed by atoms with Crippen molar-refractivity contribution >= 4 is 25.6 Å². The molecule has 160 valence electrons. The molecule has 3 atom stereocenters. The van der Waals surface area contributed by atoms with E-state index >= 15 is 0 Å². The Kier molecular flexibility index (Phi) is 4.56. The first-order valence-electron chi connectivity index (χ1n) is 10.5. The second-order valence-electron chi connectivity index (χ2n) is 10.3. The van der Waals surface area contributed by atoms with E-state index in [1.807, 2.05) is 0 Å². The van der Waals surface area contributed by atoms with Gasteiger partial charge in [-0.25, -0.2) is 16.8 Å². The zero-order valence-corrected chi connectivity index (χ0v) is 18.4. The summed E-state index contributed by atoms with van der Waals surface area (Å²) >= 11 is 0. The van der Waals surface area contributed by atoms with Crippen LogP contribution in [0.4, 0.5) is 0 Å². The summed E-state index contributed by atoms with van der Waals surface area (Å²) in [6, 6.07) is 0. The van der Waals surface area contributed by atoms with Crippen LogP contribution >= 0.6 is 0 Å². The molecular formula is C20H32O6S2. The first-order valence-corrected chi connectivity index (χ1v) is 14.0. The summed E-state index contributed by atoms with van der Waals surface area (Å²) < 4.78 is 52.3. The number of carbonyl (C=O) groups is 1. The lowest BCUT2D eigenvalue weighted by Gasteiger charge is -2.64. The van der Waals surface area contributed by atoms with Gasteiger partial charge in [-0.05, 0) is 70.1 Å². The molecule has 0 aromatic heterocycles. The molecule has 5 aliphatic carbocycles. The van der Waals surface area contributed by atoms with Crippen molar-refractivity contribution in [3.05, 3.63) is 0 Å². The Morgan fingerprint density at radius 3 is 1.96 bits per heavy atom. The van der Waals surface area contributed by atoms with Gasteiger partial charge >= 0.3 is 5.97 Å². The molecule has 1 N–H and O–H groups in total. The van der Waals surface area contributed by atoms with Crippen LogP contribution in [0.1, 0.15) is 77.6 Å². The predicted molar refractivity (Wildman–Crippen MR) is 106 cm³/mol. The molecule has 0 radical (unpaired) electrons. The Morgan fingerprint density at radius 1 is 0.964 bits per heavy atom. The molecule has 5 aliphatic rings. The molecule has 4 bridgehead atoms. The minimum atomic E-state index is -3.98. The molecular weight excluding hydrogens is 400 g/mol. The third-order valence-corrected chi connectivity index (χ3v) is 15.0. The van der Waals surface area contributed by atoms with Crippen molar-refractivity contribution < 1.29 is 26.7 Å². The highest BCUT2D eigenvalue weighted by molar-refractivity contribution is 8.10. The van der Waals surface area contributed by atoms with E-state index in [4.69, 9.17) is 0 Å². The van der Waals surface area contributed by atoms with Gasteiger partial charge in [0, 0.05) is 11.7 Å². The molecule has 5 fully saturated rings. The molecule has 0 amide bonds. The summed E-state index contributed by atoms with van der Waals surface area (Å²) in [5, 5.41) is 9.38. The van der Waals surface area contributed by atoms with E-state index in [-0.39, 0.29) is 18.3 Å². The van der Waals surface area contributed by atoms with Gasteiger partial charge in [-0.1, -0.05) is 19.3 Å². The van der Waals surface area contributed by atoms with Crippen molar-refractivity contribution in [2.45, 2.75) is 86.9 Å². The number of hydrogen-bond acceptors (Lipinski definition) is 5. The fourth-order valence-corrected chi connectivity index (χ4v) is 13.2. The summed E-state index contributed by atoms with van der Waals surface area (Å²) in [5.74, 6) is -0.656. The zero-order chi connectivity index (χ0) is 20.6. The number of hydrogen-bond donors (Lipinski definition) is 1. The van der Waals surface area contributed by atoms with E-state index in [0.29, 0.717) is 38.5 Å². The summed E-state index contributed by atoms with van der Waals surface area (Å²) in [4.78, 5) is 12.2. The summed E-state index contributed by atoms with van der Waals surface area (Å²) in [6.45, 7) is 1.43. The van der Waals surface area contributed by atoms with E-state index in [9.17, 15) is 26.7 Å². The zero-order valence-electron chi connectivity index (χ0n) is 16.8. The lowest BCUT2D eigenvalue weighted by molar-refractivity contribution is -0.175. The second-order valence-corrected chi connectivity index (χ2v) is 15.5. The Labute approximate surface area is 168 Å². The number of sulfone groups is 2. The van der Waals surface area contributed by atoms with Crippen LogP contribution in [0.15, 0.2) is 0 Å². The van der Waals surface area contributed by atoms with Crippen LogP contribution in [-0.2, 0) is 24.5 Å². The fraction of sp³-hybridized carbons (Fsp3) is 0.950. The highest BCUT2D eigenvalue weighted by Crippen LogP contribution is 2.70. The molecule has 28 heavy (non-hydrogen) atoms. The second kappa shape index (κ2) is 6.19. The van der Waals surface area contributed by atoms with Gasteiger partial charge in [0.15, 0.2) is 23.8 Å². The van der Waals surface area contributed by atoms with Crippen LogP contribution in [-0.4, -0.2) is 43.5 Å². The lowest BCUT2D eigenvalue weighted by atomic mass is 9.43. The summed E-state index contributed by atoms with van der Waals surface area (Å²) in [5.41, 5.74) is -1.95. The first kappa shape index (κ1) is 20.6. The highest BCUT2D eigenvalue weighted by atomic mass is 32.3. The van der Waals surface area contributed by atoms with E-state index in [1.54, 1.807) is 0 Å². The number of carboxylic acids is 1. The maximum absolute atomic E-state index is 13.9. The maximum Gasteiger partial charge on any atom is 0.309 e. The molecule has 0 heterocycles. The predicted octanol–water partition coefficient (Wildman–Crippen LogP) is 3.17. The van der Waals surface area contributed by atoms with Crippen LogP contribution in [0.2, 0.25) is 0 Å². The van der Waals surface area contributed by atoms with Crippen LogP contribution in [0, 0.1) is 22.7 Å². The van der Waals surface area contributed by atoms with Crippen LogP contribution < -0.4 is 0 Å². The van der Waals surface area contributed by atoms with Gasteiger partial charge in [-0.3, -0.25) is 4.79 Å². The standard InChI is InChI=1S/C20H32O6S2/c1-18(27(2,23)24,28(25,26)16-6-4-3-5-7-16)20-11-14-8-15(12-20)10-19(9-14,13-20)17(21)22/h14-16H,3-13H2,1-2H3,(H,21,22). The van der Waals surface area contributed by atoms with Crippen LogP contribution in [0.5, 0.6) is 0 Å². The van der Waals surface area contributed by atoms with E-state index in [2.05, 4.69) is 0 Å². The monoisotopic (exact) mass is 432 g/mol. The van der Waals surface area contributed by atoms with Gasteiger partial charge < -0.3 is 5.11 Å². The Bertz CT molecular complexity index is 870. The largest absolute Gasteiger partial charge is 0.481 e. The van der Waals surface area contributed by atoms with Gasteiger partial charge in [-0.2, -0.15) is 0 Å². The molecule has 0 aromatic rings. The average Bonchev–Trinajstić information content (AvgIpc) is 2.59. The Balaban J connectivity index is 1.88. The Morgan fingerprint density at radius 2 is 1.50 bits per heavy atom. The lowest BCUT2D eigenvalue weighted by Crippen LogP contribution is -2.67. The molecule has 0 saturated heterocycles. The van der Waals surface area contributed by atoms with E-state index in [0.717, 1.165) is 31.9 Å². The van der Waals surface area contributed by atoms with Gasteiger partial charge in [-0.15, -0.1) is 0 Å². The summed E-state index contributed by atoms with van der Waals surface area (Å²) in [6.07, 6.45) is 7.93. The van der Waals surface area contributed by atoms with E-state index < -0.39 is 45.8 Å². The van der Waals surface area contributed by atoms with Crippen molar-refractivity contribution in [3.63, 3.8) is 0 Å². The smallest absolute Gasteiger partial charge is 0.309 e. The number of aliphatic carboxylic acids is 1. The minimum absolute atomic E-state index is 0.111. The molecule has 0 aromatic carbocycles. The molecule has 0 spiro atoms. The van der Waals surface area contributed by atoms with Crippen LogP contribution in [0.25, 0.3) is 0 Å². The SMILES string of the molecule is CC(C12CC3CC(CC(C(=O)O)(C3)C1)C2)(S(C)(=O)=O)S(=O)(=O)C1CCCCC1. The molecule has 0 aliphatic heterocycles. The molecule has 3 unspecified atom stereocenters. The van der Waals surface area contributed by atoms with Crippen molar-refractivity contribution in [2.24, 2.45) is 22.7 Å². The molecule has 8 heteroatoms. The quantitative estimate of drug-likeness (QED) is 0.715. The van der Waals surface area contributed by atoms with Crippen molar-refractivity contribution in [3.8, 4) is 0 Å². The van der Waals surface area contributed by atoms with Gasteiger partial charge in [0.25, 0.3) is 0 Å². The first-order chi connectivity index (χ1) is 12.9. The molecule has 5 saturated carbocycles. The fourth-order valence-electron chi connectivity index (χ4n) is 7.64. The number of carboxylic acid groups (broad SMARTS) is 1. The van der Waals surface area contributed by atoms with Crippen molar-refractivity contribution in [1.29, 1.82) is 0 Å². The molecule has 6 nitrogen and oxygen atoms in total. The topological polar surface area (TPSA) is 106 Å². The van der Waals surface area contributed by atoms with E-state index in [1.165, 1.54) is 6.92 Å². The highest BCUT2D eigenvalue weighted by Gasteiger charge is 2.72. The maximum atomic E-state index is 13.9. The normalized spacial score (nSPS) is 40.9. The third kappa shape index (κ3) is 2.58. The van der Waals surface area contributed by atoms with Crippen molar-refractivity contribution in [1.82, 2.24) is 0 Å². The third-order valence-electron chi connectivity index (χ3n) is 8.72. The average molecular weight is 433 g/mol. The summed E-state index contributed by atoms with van der Waals surface area (Å²) in [7, 11) is -7.94. The van der Waals surface area contributed by atoms with Gasteiger partial charge in [0.1, 0.15) is 0 Å². The number of rotatable bonds is 5. The minimum Gasteiger partial charge on any atom is -0.481 e.